The van der Waals surface area contributed by atoms with Crippen molar-refractivity contribution in [1.29, 1.82) is 0 Å². The Hall–Kier alpha value is -0.610. The molecule has 1 atom stereocenters. The molecule has 1 aliphatic rings. The molecule has 1 unspecified atom stereocenters. The molecule has 0 aliphatic heterocycles. The van der Waals surface area contributed by atoms with E-state index in [0.29, 0.717) is 12.5 Å². The second-order valence-electron chi connectivity index (χ2n) is 6.83. The SMILES string of the molecule is CCCCN(CCCC)CC(NC(C)C)(C(=O)O)C1CC1. The number of hydrogen-bond acceptors (Lipinski definition) is 3. The highest BCUT2D eigenvalue weighted by atomic mass is 16.4. The van der Waals surface area contributed by atoms with Crippen LogP contribution in [0.25, 0.3) is 0 Å². The quantitative estimate of drug-likeness (QED) is 0.581. The second kappa shape index (κ2) is 8.74. The molecule has 4 heteroatoms. The number of aliphatic carboxylic acids is 1. The van der Waals surface area contributed by atoms with Crippen molar-refractivity contribution in [2.24, 2.45) is 5.92 Å². The minimum Gasteiger partial charge on any atom is -0.480 e. The first-order valence-corrected chi connectivity index (χ1v) is 8.69. The van der Waals surface area contributed by atoms with Gasteiger partial charge in [0, 0.05) is 12.6 Å². The zero-order valence-electron chi connectivity index (χ0n) is 14.3. The molecule has 0 aromatic rings. The third kappa shape index (κ3) is 5.59. The number of carbonyl (C=O) groups is 1. The summed E-state index contributed by atoms with van der Waals surface area (Å²) in [5, 5.41) is 13.3. The molecule has 1 aliphatic carbocycles. The zero-order chi connectivity index (χ0) is 15.9. The van der Waals surface area contributed by atoms with Crippen LogP contribution >= 0.6 is 0 Å². The van der Waals surface area contributed by atoms with E-state index >= 15 is 0 Å². The maximum atomic E-state index is 12.0. The number of rotatable bonds is 12. The molecule has 1 rings (SSSR count). The van der Waals surface area contributed by atoms with Crippen molar-refractivity contribution < 1.29 is 9.90 Å². The molecule has 1 fully saturated rings. The highest BCUT2D eigenvalue weighted by molar-refractivity contribution is 5.80. The molecule has 1 saturated carbocycles. The number of unbranched alkanes of at least 4 members (excludes halogenated alkanes) is 2. The van der Waals surface area contributed by atoms with Gasteiger partial charge in [0.1, 0.15) is 5.54 Å². The molecule has 0 aromatic carbocycles. The minimum atomic E-state index is -0.754. The lowest BCUT2D eigenvalue weighted by molar-refractivity contribution is -0.147. The standard InChI is InChI=1S/C17H34N2O2/c1-5-7-11-19(12-8-6-2)13-17(16(20)21,15-9-10-15)18-14(3)4/h14-15,18H,5-13H2,1-4H3,(H,20,21). The van der Waals surface area contributed by atoms with Gasteiger partial charge in [-0.25, -0.2) is 0 Å². The Morgan fingerprint density at radius 3 is 2.10 bits per heavy atom. The van der Waals surface area contributed by atoms with Crippen LogP contribution in [-0.4, -0.2) is 47.2 Å². The van der Waals surface area contributed by atoms with Crippen LogP contribution in [0, 0.1) is 5.92 Å². The lowest BCUT2D eigenvalue weighted by atomic mass is 9.91. The summed E-state index contributed by atoms with van der Waals surface area (Å²) < 4.78 is 0. The number of nitrogens with zero attached hydrogens (tertiary/aromatic N) is 1. The molecule has 0 radical (unpaired) electrons. The van der Waals surface area contributed by atoms with Crippen LogP contribution in [0.5, 0.6) is 0 Å². The Bertz CT molecular complexity index is 308. The number of nitrogens with one attached hydrogen (secondary N) is 1. The van der Waals surface area contributed by atoms with Gasteiger partial charge in [0.05, 0.1) is 0 Å². The normalized spacial score (nSPS) is 18.2. The van der Waals surface area contributed by atoms with Crippen LogP contribution in [0.1, 0.15) is 66.2 Å². The van der Waals surface area contributed by atoms with Crippen molar-refractivity contribution in [3.63, 3.8) is 0 Å². The molecule has 124 valence electrons. The maximum absolute atomic E-state index is 12.0. The van der Waals surface area contributed by atoms with Crippen molar-refractivity contribution >= 4 is 5.97 Å². The van der Waals surface area contributed by atoms with Gasteiger partial charge in [-0.15, -0.1) is 0 Å². The van der Waals surface area contributed by atoms with Crippen LogP contribution in [0.2, 0.25) is 0 Å². The Labute approximate surface area is 130 Å². The Morgan fingerprint density at radius 2 is 1.76 bits per heavy atom. The summed E-state index contributed by atoms with van der Waals surface area (Å²) in [4.78, 5) is 14.4. The maximum Gasteiger partial charge on any atom is 0.325 e. The van der Waals surface area contributed by atoms with Gasteiger partial charge in [-0.2, -0.15) is 0 Å². The first kappa shape index (κ1) is 18.4. The summed E-state index contributed by atoms with van der Waals surface area (Å²) in [6, 6.07) is 0.195. The largest absolute Gasteiger partial charge is 0.480 e. The zero-order valence-corrected chi connectivity index (χ0v) is 14.3. The summed E-state index contributed by atoms with van der Waals surface area (Å²) in [7, 11) is 0. The summed E-state index contributed by atoms with van der Waals surface area (Å²) in [5.41, 5.74) is -0.754. The van der Waals surface area contributed by atoms with Crippen molar-refractivity contribution in [3.05, 3.63) is 0 Å². The molecule has 0 aromatic heterocycles. The van der Waals surface area contributed by atoms with Gasteiger partial charge in [0.2, 0.25) is 0 Å². The van der Waals surface area contributed by atoms with E-state index in [4.69, 9.17) is 0 Å². The fourth-order valence-corrected chi connectivity index (χ4v) is 3.07. The van der Waals surface area contributed by atoms with Gasteiger partial charge in [-0.1, -0.05) is 26.7 Å². The molecule has 21 heavy (non-hydrogen) atoms. The average Bonchev–Trinajstić information content (AvgIpc) is 3.24. The van der Waals surface area contributed by atoms with Gasteiger partial charge >= 0.3 is 5.97 Å². The van der Waals surface area contributed by atoms with E-state index in [1.54, 1.807) is 0 Å². The topological polar surface area (TPSA) is 52.6 Å². The first-order valence-electron chi connectivity index (χ1n) is 8.69. The van der Waals surface area contributed by atoms with Crippen LogP contribution in [0.3, 0.4) is 0 Å². The van der Waals surface area contributed by atoms with Crippen molar-refractivity contribution in [2.45, 2.75) is 77.8 Å². The summed E-state index contributed by atoms with van der Waals surface area (Å²) in [6.45, 7) is 11.1. The molecule has 0 saturated heterocycles. The number of carboxylic acid groups (broad SMARTS) is 1. The molecule has 0 amide bonds. The number of hydrogen-bond donors (Lipinski definition) is 2. The van der Waals surface area contributed by atoms with Crippen LogP contribution in [-0.2, 0) is 4.79 Å². The molecular formula is C17H34N2O2. The summed E-state index contributed by atoms with van der Waals surface area (Å²) in [6.07, 6.45) is 6.69. The van der Waals surface area contributed by atoms with E-state index < -0.39 is 11.5 Å². The van der Waals surface area contributed by atoms with E-state index in [1.165, 1.54) is 0 Å². The molecule has 0 heterocycles. The fraction of sp³-hybridized carbons (Fsp3) is 0.941. The molecule has 0 bridgehead atoms. The van der Waals surface area contributed by atoms with E-state index in [0.717, 1.165) is 51.6 Å². The molecule has 0 spiro atoms. The van der Waals surface area contributed by atoms with Gasteiger partial charge in [0.15, 0.2) is 0 Å². The lowest BCUT2D eigenvalue weighted by Crippen LogP contribution is -2.62. The predicted octanol–water partition coefficient (Wildman–Crippen LogP) is 3.12. The monoisotopic (exact) mass is 298 g/mol. The Kier molecular flexibility index (Phi) is 7.67. The summed E-state index contributed by atoms with van der Waals surface area (Å²) in [5.74, 6) is -0.375. The third-order valence-electron chi connectivity index (χ3n) is 4.33. The van der Waals surface area contributed by atoms with Gasteiger partial charge in [0.25, 0.3) is 0 Å². The Morgan fingerprint density at radius 1 is 1.24 bits per heavy atom. The van der Waals surface area contributed by atoms with Crippen LogP contribution < -0.4 is 5.32 Å². The van der Waals surface area contributed by atoms with Gasteiger partial charge < -0.3 is 10.0 Å². The van der Waals surface area contributed by atoms with E-state index in [-0.39, 0.29) is 6.04 Å². The van der Waals surface area contributed by atoms with Crippen LogP contribution in [0.4, 0.5) is 0 Å². The second-order valence-corrected chi connectivity index (χ2v) is 6.83. The van der Waals surface area contributed by atoms with Crippen molar-refractivity contribution in [2.75, 3.05) is 19.6 Å². The lowest BCUT2D eigenvalue weighted by Gasteiger charge is -2.38. The van der Waals surface area contributed by atoms with Crippen molar-refractivity contribution in [3.8, 4) is 0 Å². The fourth-order valence-electron chi connectivity index (χ4n) is 3.07. The van der Waals surface area contributed by atoms with Crippen LogP contribution in [0.15, 0.2) is 0 Å². The molecule has 2 N–H and O–H groups in total. The van der Waals surface area contributed by atoms with E-state index in [2.05, 4.69) is 24.1 Å². The highest BCUT2D eigenvalue weighted by Crippen LogP contribution is 2.41. The van der Waals surface area contributed by atoms with E-state index in [1.807, 2.05) is 13.8 Å². The van der Waals surface area contributed by atoms with Gasteiger partial charge in [-0.05, 0) is 58.5 Å². The average molecular weight is 298 g/mol. The Balaban J connectivity index is 2.81. The minimum absolute atomic E-state index is 0.195. The highest BCUT2D eigenvalue weighted by Gasteiger charge is 2.52. The molecular weight excluding hydrogens is 264 g/mol. The van der Waals surface area contributed by atoms with Crippen molar-refractivity contribution in [1.82, 2.24) is 10.2 Å². The van der Waals surface area contributed by atoms with E-state index in [9.17, 15) is 9.90 Å². The van der Waals surface area contributed by atoms with Gasteiger partial charge in [-0.3, -0.25) is 10.1 Å². The summed E-state index contributed by atoms with van der Waals surface area (Å²) >= 11 is 0. The first-order chi connectivity index (χ1) is 9.96. The predicted molar refractivity (Wildman–Crippen MR) is 87.6 cm³/mol. The smallest absolute Gasteiger partial charge is 0.325 e. The molecule has 4 nitrogen and oxygen atoms in total. The number of carboxylic acids is 1. The third-order valence-corrected chi connectivity index (χ3v) is 4.33.